The molecule has 1 amide bonds. The van der Waals surface area contributed by atoms with Gasteiger partial charge in [-0.25, -0.2) is 0 Å². The summed E-state index contributed by atoms with van der Waals surface area (Å²) in [4.78, 5) is 32.3. The van der Waals surface area contributed by atoms with Crippen molar-refractivity contribution in [2.75, 3.05) is 5.73 Å². The lowest BCUT2D eigenvalue weighted by molar-refractivity contribution is -0.114. The number of aryl methyl sites for hydroxylation is 1. The zero-order chi connectivity index (χ0) is 16.1. The van der Waals surface area contributed by atoms with Crippen molar-refractivity contribution in [3.63, 3.8) is 0 Å². The van der Waals surface area contributed by atoms with Crippen LogP contribution >= 0.6 is 0 Å². The summed E-state index contributed by atoms with van der Waals surface area (Å²) in [5, 5.41) is 0.516. The van der Waals surface area contributed by atoms with E-state index in [9.17, 15) is 9.59 Å². The molecule has 6 N–H and O–H groups in total. The maximum absolute atomic E-state index is 11.9. The smallest absolute Gasteiger partial charge is 0.262 e. The van der Waals surface area contributed by atoms with Crippen molar-refractivity contribution >= 4 is 22.9 Å². The van der Waals surface area contributed by atoms with Crippen LogP contribution in [0.25, 0.3) is 11.0 Å². The summed E-state index contributed by atoms with van der Waals surface area (Å²) in [5.74, 6) is -0.439. The highest BCUT2D eigenvalue weighted by Crippen LogP contribution is 2.14. The number of nitrogens with one attached hydrogen (secondary N) is 2. The molecule has 0 unspecified atom stereocenters. The van der Waals surface area contributed by atoms with Crippen LogP contribution in [0.5, 0.6) is 0 Å². The SMILES string of the molecule is C=C/C(=C\C=C\CCc1c[nH]c2nc(N)[nH]c(=O)c12)C(N)=O. The number of nitrogens with two attached hydrogens (primary N) is 2. The predicted octanol–water partition coefficient (Wildman–Crippen LogP) is 0.920. The van der Waals surface area contributed by atoms with Gasteiger partial charge in [0.05, 0.1) is 5.39 Å². The lowest BCUT2D eigenvalue weighted by Gasteiger charge is -1.96. The Morgan fingerprint density at radius 1 is 1.45 bits per heavy atom. The molecule has 2 rings (SSSR count). The summed E-state index contributed by atoms with van der Waals surface area (Å²) >= 11 is 0. The minimum atomic E-state index is -0.522. The molecule has 0 saturated carbocycles. The second-order valence-corrected chi connectivity index (χ2v) is 4.65. The molecule has 0 atom stereocenters. The molecule has 22 heavy (non-hydrogen) atoms. The van der Waals surface area contributed by atoms with Crippen LogP contribution in [0.2, 0.25) is 0 Å². The van der Waals surface area contributed by atoms with Gasteiger partial charge >= 0.3 is 0 Å². The van der Waals surface area contributed by atoms with Gasteiger partial charge in [-0.05, 0) is 24.5 Å². The zero-order valence-corrected chi connectivity index (χ0v) is 11.9. The Balaban J connectivity index is 2.09. The minimum Gasteiger partial charge on any atom is -0.369 e. The van der Waals surface area contributed by atoms with E-state index in [1.165, 1.54) is 6.08 Å². The molecule has 7 heteroatoms. The number of aromatic nitrogens is 3. The molecule has 0 bridgehead atoms. The second-order valence-electron chi connectivity index (χ2n) is 4.65. The average Bonchev–Trinajstić information content (AvgIpc) is 2.85. The number of nitrogen functional groups attached to an aromatic ring is 1. The van der Waals surface area contributed by atoms with E-state index in [1.807, 2.05) is 6.08 Å². The maximum Gasteiger partial charge on any atom is 0.262 e. The van der Waals surface area contributed by atoms with Crippen LogP contribution in [0.1, 0.15) is 12.0 Å². The molecule has 0 aliphatic rings. The second kappa shape index (κ2) is 6.57. The van der Waals surface area contributed by atoms with E-state index >= 15 is 0 Å². The van der Waals surface area contributed by atoms with Crippen LogP contribution in [0.3, 0.4) is 0 Å². The Hall–Kier alpha value is -3.09. The van der Waals surface area contributed by atoms with Crippen molar-refractivity contribution in [2.24, 2.45) is 5.73 Å². The predicted molar refractivity (Wildman–Crippen MR) is 86.1 cm³/mol. The first kappa shape index (κ1) is 15.3. The lowest BCUT2D eigenvalue weighted by Crippen LogP contribution is -2.11. The number of allylic oxidation sites excluding steroid dienone is 3. The van der Waals surface area contributed by atoms with Crippen molar-refractivity contribution in [3.8, 4) is 0 Å². The fourth-order valence-electron chi connectivity index (χ4n) is 2.08. The molecule has 7 nitrogen and oxygen atoms in total. The van der Waals surface area contributed by atoms with Crippen LogP contribution < -0.4 is 17.0 Å². The maximum atomic E-state index is 11.9. The third-order valence-electron chi connectivity index (χ3n) is 3.14. The summed E-state index contributed by atoms with van der Waals surface area (Å²) < 4.78 is 0. The number of amides is 1. The number of anilines is 1. The highest BCUT2D eigenvalue weighted by molar-refractivity contribution is 5.94. The Bertz CT molecular complexity index is 826. The molecule has 0 radical (unpaired) electrons. The van der Waals surface area contributed by atoms with Crippen LogP contribution in [0, 0.1) is 0 Å². The van der Waals surface area contributed by atoms with E-state index < -0.39 is 5.91 Å². The fraction of sp³-hybridized carbons (Fsp3) is 0.133. The van der Waals surface area contributed by atoms with E-state index in [4.69, 9.17) is 11.5 Å². The number of rotatable bonds is 6. The highest BCUT2D eigenvalue weighted by Gasteiger charge is 2.08. The molecule has 2 aromatic rings. The molecule has 0 fully saturated rings. The number of carbonyl (C=O) groups excluding carboxylic acids is 1. The molecule has 2 heterocycles. The summed E-state index contributed by atoms with van der Waals surface area (Å²) in [5.41, 5.74) is 12.1. The summed E-state index contributed by atoms with van der Waals surface area (Å²) in [6, 6.07) is 0. The monoisotopic (exact) mass is 299 g/mol. The van der Waals surface area contributed by atoms with Gasteiger partial charge in [-0.2, -0.15) is 4.98 Å². The number of fused-ring (bicyclic) bond motifs is 1. The van der Waals surface area contributed by atoms with Crippen LogP contribution in [0.4, 0.5) is 5.95 Å². The quantitative estimate of drug-likeness (QED) is 0.466. The molecule has 0 aromatic carbocycles. The number of hydrogen-bond donors (Lipinski definition) is 4. The first-order chi connectivity index (χ1) is 10.5. The van der Waals surface area contributed by atoms with Gasteiger partial charge in [0, 0.05) is 11.8 Å². The zero-order valence-electron chi connectivity index (χ0n) is 11.9. The van der Waals surface area contributed by atoms with Gasteiger partial charge in [0.2, 0.25) is 11.9 Å². The fourth-order valence-corrected chi connectivity index (χ4v) is 2.08. The first-order valence-corrected chi connectivity index (χ1v) is 6.67. The molecule has 0 saturated heterocycles. The van der Waals surface area contributed by atoms with Gasteiger partial charge in [0.15, 0.2) is 0 Å². The first-order valence-electron chi connectivity index (χ1n) is 6.67. The Morgan fingerprint density at radius 3 is 2.91 bits per heavy atom. The number of aromatic amines is 2. The molecule has 0 spiro atoms. The molecule has 0 aliphatic carbocycles. The number of hydrogen-bond acceptors (Lipinski definition) is 4. The Kier molecular flexibility index (Phi) is 4.57. The van der Waals surface area contributed by atoms with E-state index in [0.29, 0.717) is 29.4 Å². The molecular formula is C15H17N5O2. The normalized spacial score (nSPS) is 12.1. The van der Waals surface area contributed by atoms with Crippen molar-refractivity contribution in [1.82, 2.24) is 15.0 Å². The van der Waals surface area contributed by atoms with Crippen molar-refractivity contribution in [3.05, 3.63) is 58.6 Å². The summed E-state index contributed by atoms with van der Waals surface area (Å²) in [7, 11) is 0. The number of nitrogens with zero attached hydrogens (tertiary/aromatic N) is 1. The van der Waals surface area contributed by atoms with Gasteiger partial charge in [-0.3, -0.25) is 14.6 Å². The van der Waals surface area contributed by atoms with Gasteiger partial charge in [0.1, 0.15) is 5.65 Å². The van der Waals surface area contributed by atoms with Gasteiger partial charge < -0.3 is 16.5 Å². The van der Waals surface area contributed by atoms with Crippen LogP contribution in [-0.4, -0.2) is 20.9 Å². The standard InChI is InChI=1S/C15H17N5O2/c1-2-9(12(16)21)6-4-3-5-7-10-8-18-13-11(10)14(22)20-15(17)19-13/h2-4,6,8H,1,5,7H2,(H2,16,21)(H4,17,18,19,20,22)/b4-3+,9-6+. The summed E-state index contributed by atoms with van der Waals surface area (Å²) in [6.07, 6.45) is 9.70. The topological polar surface area (TPSA) is 131 Å². The van der Waals surface area contributed by atoms with Gasteiger partial charge in [-0.1, -0.05) is 24.8 Å². The summed E-state index contributed by atoms with van der Waals surface area (Å²) in [6.45, 7) is 3.51. The van der Waals surface area contributed by atoms with E-state index in [1.54, 1.807) is 18.3 Å². The van der Waals surface area contributed by atoms with Crippen molar-refractivity contribution in [2.45, 2.75) is 12.8 Å². The molecule has 114 valence electrons. The third-order valence-corrected chi connectivity index (χ3v) is 3.14. The van der Waals surface area contributed by atoms with Gasteiger partial charge in [0.25, 0.3) is 5.56 Å². The third kappa shape index (κ3) is 3.32. The Labute approximate surface area is 126 Å². The van der Waals surface area contributed by atoms with E-state index in [2.05, 4.69) is 21.5 Å². The number of primary amides is 1. The largest absolute Gasteiger partial charge is 0.369 e. The number of H-pyrrole nitrogens is 2. The lowest BCUT2D eigenvalue weighted by atomic mass is 10.1. The van der Waals surface area contributed by atoms with Crippen LogP contribution in [0.15, 0.2) is 47.4 Å². The van der Waals surface area contributed by atoms with E-state index in [-0.39, 0.29) is 11.5 Å². The van der Waals surface area contributed by atoms with Crippen molar-refractivity contribution < 1.29 is 4.79 Å². The van der Waals surface area contributed by atoms with E-state index in [0.717, 1.165) is 5.56 Å². The Morgan fingerprint density at radius 2 is 2.23 bits per heavy atom. The molecule has 0 aliphatic heterocycles. The van der Waals surface area contributed by atoms with Crippen LogP contribution in [-0.2, 0) is 11.2 Å². The molecular weight excluding hydrogens is 282 g/mol. The van der Waals surface area contributed by atoms with Crippen molar-refractivity contribution in [1.29, 1.82) is 0 Å². The highest BCUT2D eigenvalue weighted by atomic mass is 16.1. The minimum absolute atomic E-state index is 0.0827. The van der Waals surface area contributed by atoms with Gasteiger partial charge in [-0.15, -0.1) is 0 Å². The molecule has 2 aromatic heterocycles. The number of carbonyl (C=O) groups is 1. The average molecular weight is 299 g/mol.